The molecule has 5 nitrogen and oxygen atoms in total. The van der Waals surface area contributed by atoms with Gasteiger partial charge >= 0.3 is 0 Å². The summed E-state index contributed by atoms with van der Waals surface area (Å²) in [6, 6.07) is 0. The number of carbonyl (C=O) groups is 1. The first-order chi connectivity index (χ1) is 10.2. The number of hydrogen-bond acceptors (Lipinski definition) is 3. The third-order valence-corrected chi connectivity index (χ3v) is 5.25. The lowest BCUT2D eigenvalue weighted by Gasteiger charge is -2.43. The standard InChI is InChI=1S/C16H25N3O2/c1-21-14-4-2-7-16(14)8-3-9-19(12-16)15(20)6-5-13-10-17-18-11-13/h10-11,14H,2-9,12H2,1H3,(H,17,18)/t14-,16-/m1/s1. The molecule has 2 atom stereocenters. The topological polar surface area (TPSA) is 58.2 Å². The molecule has 0 radical (unpaired) electrons. The Labute approximate surface area is 126 Å². The van der Waals surface area contributed by atoms with E-state index in [4.69, 9.17) is 4.74 Å². The van der Waals surface area contributed by atoms with Gasteiger partial charge < -0.3 is 9.64 Å². The van der Waals surface area contributed by atoms with E-state index in [9.17, 15) is 4.79 Å². The number of rotatable bonds is 4. The SMILES string of the molecule is CO[C@@H]1CCC[C@]12CCCN(C(=O)CCc1cn[nH]c1)C2. The van der Waals surface area contributed by atoms with Crippen LogP contribution in [0.2, 0.25) is 0 Å². The second-order valence-electron chi connectivity index (χ2n) is 6.50. The Balaban J connectivity index is 1.59. The van der Waals surface area contributed by atoms with Crippen LogP contribution in [0.1, 0.15) is 44.1 Å². The smallest absolute Gasteiger partial charge is 0.222 e. The van der Waals surface area contributed by atoms with Crippen molar-refractivity contribution < 1.29 is 9.53 Å². The molecular formula is C16H25N3O2. The van der Waals surface area contributed by atoms with Gasteiger partial charge in [0.2, 0.25) is 5.91 Å². The second-order valence-corrected chi connectivity index (χ2v) is 6.50. The maximum absolute atomic E-state index is 12.5. The van der Waals surface area contributed by atoms with Gasteiger partial charge in [-0.05, 0) is 37.7 Å². The summed E-state index contributed by atoms with van der Waals surface area (Å²) in [6.45, 7) is 1.79. The van der Waals surface area contributed by atoms with Crippen LogP contribution < -0.4 is 0 Å². The predicted molar refractivity (Wildman–Crippen MR) is 79.8 cm³/mol. The number of hydrogen-bond donors (Lipinski definition) is 1. The number of nitrogens with one attached hydrogen (secondary N) is 1. The quantitative estimate of drug-likeness (QED) is 0.924. The van der Waals surface area contributed by atoms with Crippen molar-refractivity contribution in [3.8, 4) is 0 Å². The van der Waals surface area contributed by atoms with Gasteiger partial charge in [0.15, 0.2) is 0 Å². The highest BCUT2D eigenvalue weighted by Gasteiger charge is 2.46. The third kappa shape index (κ3) is 2.98. The molecule has 116 valence electrons. The van der Waals surface area contributed by atoms with Crippen molar-refractivity contribution in [3.05, 3.63) is 18.0 Å². The molecule has 1 spiro atoms. The van der Waals surface area contributed by atoms with Crippen LogP contribution in [0.5, 0.6) is 0 Å². The molecule has 2 heterocycles. The number of ether oxygens (including phenoxy) is 1. The molecular weight excluding hydrogens is 266 g/mol. The van der Waals surface area contributed by atoms with Crippen molar-refractivity contribution in [3.63, 3.8) is 0 Å². The molecule has 21 heavy (non-hydrogen) atoms. The van der Waals surface area contributed by atoms with E-state index < -0.39 is 0 Å². The molecule has 1 aliphatic carbocycles. The zero-order chi connectivity index (χ0) is 14.7. The summed E-state index contributed by atoms with van der Waals surface area (Å²) in [6.07, 6.45) is 11.2. The summed E-state index contributed by atoms with van der Waals surface area (Å²) >= 11 is 0. The van der Waals surface area contributed by atoms with Crippen LogP contribution in [0.25, 0.3) is 0 Å². The molecule has 1 aromatic rings. The lowest BCUT2D eigenvalue weighted by atomic mass is 9.76. The Morgan fingerprint density at radius 2 is 2.38 bits per heavy atom. The molecule has 0 aromatic carbocycles. The zero-order valence-electron chi connectivity index (χ0n) is 12.8. The average molecular weight is 291 g/mol. The number of H-pyrrole nitrogens is 1. The van der Waals surface area contributed by atoms with Crippen molar-refractivity contribution in [2.75, 3.05) is 20.2 Å². The van der Waals surface area contributed by atoms with Gasteiger partial charge in [0.05, 0.1) is 12.3 Å². The number of aromatic amines is 1. The molecule has 1 N–H and O–H groups in total. The molecule has 1 saturated carbocycles. The monoisotopic (exact) mass is 291 g/mol. The van der Waals surface area contributed by atoms with Crippen LogP contribution in [0.3, 0.4) is 0 Å². The number of likely N-dealkylation sites (tertiary alicyclic amines) is 1. The van der Waals surface area contributed by atoms with Gasteiger partial charge in [-0.15, -0.1) is 0 Å². The number of nitrogens with zero attached hydrogens (tertiary/aromatic N) is 2. The maximum Gasteiger partial charge on any atom is 0.222 e. The summed E-state index contributed by atoms with van der Waals surface area (Å²) in [7, 11) is 1.82. The Morgan fingerprint density at radius 1 is 1.52 bits per heavy atom. The molecule has 1 amide bonds. The fraction of sp³-hybridized carbons (Fsp3) is 0.750. The lowest BCUT2D eigenvalue weighted by molar-refractivity contribution is -0.137. The average Bonchev–Trinajstić information content (AvgIpc) is 3.14. The van der Waals surface area contributed by atoms with Crippen LogP contribution in [-0.4, -0.2) is 47.3 Å². The van der Waals surface area contributed by atoms with Gasteiger partial charge in [-0.1, -0.05) is 6.42 Å². The Kier molecular flexibility index (Phi) is 4.29. The number of aryl methyl sites for hydroxylation is 1. The lowest BCUT2D eigenvalue weighted by Crippen LogP contribution is -2.49. The first-order valence-corrected chi connectivity index (χ1v) is 8.02. The van der Waals surface area contributed by atoms with Gasteiger partial charge in [-0.2, -0.15) is 5.10 Å². The van der Waals surface area contributed by atoms with Crippen LogP contribution in [0.15, 0.2) is 12.4 Å². The molecule has 3 rings (SSSR count). The van der Waals surface area contributed by atoms with Crippen molar-refractivity contribution in [1.82, 2.24) is 15.1 Å². The normalized spacial score (nSPS) is 29.2. The van der Waals surface area contributed by atoms with Crippen LogP contribution in [-0.2, 0) is 16.0 Å². The minimum atomic E-state index is 0.221. The van der Waals surface area contributed by atoms with E-state index >= 15 is 0 Å². The number of piperidine rings is 1. The molecule has 0 unspecified atom stereocenters. The highest BCUT2D eigenvalue weighted by molar-refractivity contribution is 5.76. The fourth-order valence-electron chi connectivity index (χ4n) is 4.14. The van der Waals surface area contributed by atoms with Gasteiger partial charge in [0.25, 0.3) is 0 Å². The molecule has 2 fully saturated rings. The van der Waals surface area contributed by atoms with Crippen LogP contribution in [0.4, 0.5) is 0 Å². The first-order valence-electron chi connectivity index (χ1n) is 8.02. The van der Waals surface area contributed by atoms with Crippen molar-refractivity contribution in [2.24, 2.45) is 5.41 Å². The van der Waals surface area contributed by atoms with Gasteiger partial charge in [0, 0.05) is 38.2 Å². The van der Waals surface area contributed by atoms with E-state index in [-0.39, 0.29) is 11.3 Å². The minimum Gasteiger partial charge on any atom is -0.381 e. The first kappa shape index (κ1) is 14.6. The van der Waals surface area contributed by atoms with Gasteiger partial charge in [0.1, 0.15) is 0 Å². The molecule has 5 heteroatoms. The van der Waals surface area contributed by atoms with E-state index in [1.54, 1.807) is 6.20 Å². The molecule has 1 aliphatic heterocycles. The highest BCUT2D eigenvalue weighted by Crippen LogP contribution is 2.46. The minimum absolute atomic E-state index is 0.221. The zero-order valence-corrected chi connectivity index (χ0v) is 12.8. The van der Waals surface area contributed by atoms with E-state index in [0.29, 0.717) is 12.5 Å². The second kappa shape index (κ2) is 6.18. The number of aromatic nitrogens is 2. The third-order valence-electron chi connectivity index (χ3n) is 5.25. The molecule has 2 aliphatic rings. The maximum atomic E-state index is 12.5. The summed E-state index contributed by atoms with van der Waals surface area (Å²) in [5.74, 6) is 0.275. The molecule has 1 aromatic heterocycles. The van der Waals surface area contributed by atoms with Crippen LogP contribution >= 0.6 is 0 Å². The van der Waals surface area contributed by atoms with E-state index in [0.717, 1.165) is 37.9 Å². The fourth-order valence-corrected chi connectivity index (χ4v) is 4.14. The van der Waals surface area contributed by atoms with E-state index in [1.165, 1.54) is 19.3 Å². The summed E-state index contributed by atoms with van der Waals surface area (Å²) < 4.78 is 5.70. The predicted octanol–water partition coefficient (Wildman–Crippen LogP) is 2.15. The number of methoxy groups -OCH3 is 1. The molecule has 1 saturated heterocycles. The van der Waals surface area contributed by atoms with E-state index in [2.05, 4.69) is 15.1 Å². The van der Waals surface area contributed by atoms with Crippen molar-refractivity contribution in [1.29, 1.82) is 0 Å². The van der Waals surface area contributed by atoms with Gasteiger partial charge in [-0.25, -0.2) is 0 Å². The summed E-state index contributed by atoms with van der Waals surface area (Å²) in [5.41, 5.74) is 1.32. The highest BCUT2D eigenvalue weighted by atomic mass is 16.5. The summed E-state index contributed by atoms with van der Waals surface area (Å²) in [5, 5.41) is 6.72. The van der Waals surface area contributed by atoms with Crippen LogP contribution in [0, 0.1) is 5.41 Å². The Morgan fingerprint density at radius 3 is 3.14 bits per heavy atom. The number of carbonyl (C=O) groups excluding carboxylic acids is 1. The van der Waals surface area contributed by atoms with Crippen molar-refractivity contribution in [2.45, 2.75) is 51.0 Å². The molecule has 0 bridgehead atoms. The largest absolute Gasteiger partial charge is 0.381 e. The van der Waals surface area contributed by atoms with Crippen molar-refractivity contribution >= 4 is 5.91 Å². The Hall–Kier alpha value is -1.36. The summed E-state index contributed by atoms with van der Waals surface area (Å²) in [4.78, 5) is 14.6. The van der Waals surface area contributed by atoms with Gasteiger partial charge in [-0.3, -0.25) is 9.89 Å². The van der Waals surface area contributed by atoms with E-state index in [1.807, 2.05) is 13.3 Å². The Bertz CT molecular complexity index is 474. The number of amides is 1.